The van der Waals surface area contributed by atoms with Crippen LogP contribution in [0.1, 0.15) is 15.9 Å². The first-order chi connectivity index (χ1) is 10.1. The lowest BCUT2D eigenvalue weighted by Gasteiger charge is -2.07. The molecule has 1 amide bonds. The zero-order valence-electron chi connectivity index (χ0n) is 11.0. The zero-order chi connectivity index (χ0) is 15.2. The Morgan fingerprint density at radius 3 is 2.57 bits per heavy atom. The zero-order valence-corrected chi connectivity index (χ0v) is 11.0. The van der Waals surface area contributed by atoms with Crippen LogP contribution in [0.4, 0.5) is 14.5 Å². The van der Waals surface area contributed by atoms with Crippen molar-refractivity contribution in [1.82, 2.24) is 0 Å². The fraction of sp³-hybridized carbons (Fsp3) is 0.0625. The molecule has 0 aromatic heterocycles. The van der Waals surface area contributed by atoms with Crippen molar-refractivity contribution in [2.45, 2.75) is 0 Å². The molecule has 0 atom stereocenters. The van der Waals surface area contributed by atoms with Crippen LogP contribution in [0, 0.1) is 23.5 Å². The van der Waals surface area contributed by atoms with E-state index in [1.54, 1.807) is 6.07 Å². The standard InChI is InChI=1S/C16H12F2N2O/c17-13-5-1-2-6-15(13)20-16(21)12-8-7-11(4-3-9-19)10-14(12)18/h1-2,5-8,10H,9,19H2,(H,20,21). The molecule has 0 aliphatic rings. The van der Waals surface area contributed by atoms with Gasteiger partial charge in [0, 0.05) is 5.56 Å². The molecule has 21 heavy (non-hydrogen) atoms. The fourth-order valence-electron chi connectivity index (χ4n) is 1.68. The molecular weight excluding hydrogens is 274 g/mol. The number of nitrogens with two attached hydrogens (primary N) is 1. The largest absolute Gasteiger partial charge is 0.320 e. The number of halogens is 2. The third kappa shape index (κ3) is 3.65. The number of rotatable bonds is 2. The summed E-state index contributed by atoms with van der Waals surface area (Å²) in [5.74, 6) is 3.21. The Kier molecular flexibility index (Phi) is 4.64. The maximum atomic E-state index is 13.9. The molecule has 0 unspecified atom stereocenters. The monoisotopic (exact) mass is 286 g/mol. The van der Waals surface area contributed by atoms with E-state index in [0.717, 1.165) is 6.07 Å². The van der Waals surface area contributed by atoms with E-state index < -0.39 is 17.5 Å². The normalized spacial score (nSPS) is 9.67. The van der Waals surface area contributed by atoms with Gasteiger partial charge >= 0.3 is 0 Å². The number of nitrogens with one attached hydrogen (secondary N) is 1. The molecule has 2 aromatic rings. The highest BCUT2D eigenvalue weighted by molar-refractivity contribution is 6.04. The van der Waals surface area contributed by atoms with Crippen molar-refractivity contribution in [3.63, 3.8) is 0 Å². The van der Waals surface area contributed by atoms with Gasteiger partial charge in [-0.2, -0.15) is 0 Å². The van der Waals surface area contributed by atoms with Gasteiger partial charge < -0.3 is 11.1 Å². The Balaban J connectivity index is 2.22. The Morgan fingerprint density at radius 2 is 1.90 bits per heavy atom. The van der Waals surface area contributed by atoms with E-state index in [2.05, 4.69) is 17.2 Å². The maximum absolute atomic E-state index is 13.9. The van der Waals surface area contributed by atoms with Crippen LogP contribution in [-0.4, -0.2) is 12.5 Å². The third-order valence-corrected chi connectivity index (χ3v) is 2.67. The van der Waals surface area contributed by atoms with E-state index in [1.165, 1.54) is 30.3 Å². The summed E-state index contributed by atoms with van der Waals surface area (Å²) >= 11 is 0. The van der Waals surface area contributed by atoms with Crippen molar-refractivity contribution in [1.29, 1.82) is 0 Å². The summed E-state index contributed by atoms with van der Waals surface area (Å²) in [7, 11) is 0. The quantitative estimate of drug-likeness (QED) is 0.834. The topological polar surface area (TPSA) is 55.1 Å². The molecule has 2 rings (SSSR count). The Hall–Kier alpha value is -2.71. The molecule has 3 nitrogen and oxygen atoms in total. The molecule has 0 bridgehead atoms. The SMILES string of the molecule is NCC#Cc1ccc(C(=O)Nc2ccccc2F)c(F)c1. The maximum Gasteiger partial charge on any atom is 0.258 e. The van der Waals surface area contributed by atoms with Gasteiger partial charge in [0.25, 0.3) is 5.91 Å². The predicted octanol–water partition coefficient (Wildman–Crippen LogP) is 2.53. The molecule has 3 N–H and O–H groups in total. The number of carbonyl (C=O) groups excluding carboxylic acids is 1. The number of benzene rings is 2. The first-order valence-corrected chi connectivity index (χ1v) is 6.16. The summed E-state index contributed by atoms with van der Waals surface area (Å²) in [6.45, 7) is 0.164. The van der Waals surface area contributed by atoms with E-state index in [-0.39, 0.29) is 17.8 Å². The lowest BCUT2D eigenvalue weighted by molar-refractivity contribution is 0.102. The van der Waals surface area contributed by atoms with Gasteiger partial charge in [-0.1, -0.05) is 24.0 Å². The number of carbonyl (C=O) groups is 1. The summed E-state index contributed by atoms with van der Waals surface area (Å²) < 4.78 is 27.3. The smallest absolute Gasteiger partial charge is 0.258 e. The van der Waals surface area contributed by atoms with Gasteiger partial charge in [0.15, 0.2) is 0 Å². The highest BCUT2D eigenvalue weighted by Gasteiger charge is 2.13. The van der Waals surface area contributed by atoms with Gasteiger partial charge in [-0.3, -0.25) is 4.79 Å². The predicted molar refractivity (Wildman–Crippen MR) is 76.7 cm³/mol. The minimum absolute atomic E-state index is 0.00565. The van der Waals surface area contributed by atoms with Gasteiger partial charge in [-0.05, 0) is 30.3 Å². The van der Waals surface area contributed by atoms with E-state index >= 15 is 0 Å². The van der Waals surface area contributed by atoms with E-state index in [4.69, 9.17) is 5.73 Å². The van der Waals surface area contributed by atoms with Crippen molar-refractivity contribution in [3.8, 4) is 11.8 Å². The summed E-state index contributed by atoms with van der Waals surface area (Å²) in [6, 6.07) is 9.60. The van der Waals surface area contributed by atoms with Gasteiger partial charge in [0.05, 0.1) is 17.8 Å². The van der Waals surface area contributed by atoms with Crippen LogP contribution in [0.25, 0.3) is 0 Å². The molecule has 0 saturated heterocycles. The minimum atomic E-state index is -0.729. The van der Waals surface area contributed by atoms with Crippen molar-refractivity contribution in [2.24, 2.45) is 5.73 Å². The molecule has 5 heteroatoms. The van der Waals surface area contributed by atoms with Crippen LogP contribution in [0.5, 0.6) is 0 Å². The first-order valence-electron chi connectivity index (χ1n) is 6.16. The number of anilines is 1. The van der Waals surface area contributed by atoms with Crippen LogP contribution in [0.3, 0.4) is 0 Å². The average molecular weight is 286 g/mol. The highest BCUT2D eigenvalue weighted by Crippen LogP contribution is 2.16. The summed E-state index contributed by atoms with van der Waals surface area (Å²) in [6.07, 6.45) is 0. The second-order valence-corrected chi connectivity index (χ2v) is 4.13. The fourth-order valence-corrected chi connectivity index (χ4v) is 1.68. The molecule has 0 aliphatic heterocycles. The molecule has 0 spiro atoms. The van der Waals surface area contributed by atoms with Crippen LogP contribution in [-0.2, 0) is 0 Å². The Bertz CT molecular complexity index is 733. The van der Waals surface area contributed by atoms with Crippen LogP contribution >= 0.6 is 0 Å². The molecule has 0 fully saturated rings. The van der Waals surface area contributed by atoms with E-state index in [0.29, 0.717) is 5.56 Å². The molecular formula is C16H12F2N2O. The lowest BCUT2D eigenvalue weighted by atomic mass is 10.1. The first kappa shape index (κ1) is 14.7. The Morgan fingerprint density at radius 1 is 1.14 bits per heavy atom. The number of hydrogen-bond acceptors (Lipinski definition) is 2. The van der Waals surface area contributed by atoms with Gasteiger partial charge in [-0.15, -0.1) is 0 Å². The third-order valence-electron chi connectivity index (χ3n) is 2.67. The van der Waals surface area contributed by atoms with Crippen molar-refractivity contribution < 1.29 is 13.6 Å². The number of para-hydroxylation sites is 1. The van der Waals surface area contributed by atoms with E-state index in [9.17, 15) is 13.6 Å². The number of hydrogen-bond donors (Lipinski definition) is 2. The molecule has 106 valence electrons. The van der Waals surface area contributed by atoms with Gasteiger partial charge in [0.2, 0.25) is 0 Å². The van der Waals surface area contributed by atoms with Gasteiger partial charge in [-0.25, -0.2) is 8.78 Å². The van der Waals surface area contributed by atoms with Crippen LogP contribution in [0.15, 0.2) is 42.5 Å². The molecule has 0 radical (unpaired) electrons. The number of amides is 1. The van der Waals surface area contributed by atoms with E-state index in [1.807, 2.05) is 0 Å². The molecule has 0 aliphatic carbocycles. The molecule has 2 aromatic carbocycles. The Labute approximate surface area is 120 Å². The minimum Gasteiger partial charge on any atom is -0.320 e. The van der Waals surface area contributed by atoms with Crippen molar-refractivity contribution >= 4 is 11.6 Å². The molecule has 0 heterocycles. The van der Waals surface area contributed by atoms with Gasteiger partial charge in [0.1, 0.15) is 11.6 Å². The van der Waals surface area contributed by atoms with Crippen LogP contribution in [0.2, 0.25) is 0 Å². The van der Waals surface area contributed by atoms with Crippen LogP contribution < -0.4 is 11.1 Å². The summed E-state index contributed by atoms with van der Waals surface area (Å²) in [5.41, 5.74) is 5.45. The van der Waals surface area contributed by atoms with Crippen molar-refractivity contribution in [2.75, 3.05) is 11.9 Å². The highest BCUT2D eigenvalue weighted by atomic mass is 19.1. The lowest BCUT2D eigenvalue weighted by Crippen LogP contribution is -2.14. The summed E-state index contributed by atoms with van der Waals surface area (Å²) in [4.78, 5) is 11.9. The van der Waals surface area contributed by atoms with Crippen molar-refractivity contribution in [3.05, 3.63) is 65.2 Å². The second-order valence-electron chi connectivity index (χ2n) is 4.13. The average Bonchev–Trinajstić information content (AvgIpc) is 2.47. The summed E-state index contributed by atoms with van der Waals surface area (Å²) in [5, 5.41) is 2.32. The molecule has 0 saturated carbocycles. The second kappa shape index (κ2) is 6.64.